The van der Waals surface area contributed by atoms with Crippen LogP contribution >= 0.6 is 0 Å². The standard InChI is InChI=1S/C9H16O4S2/c1-4-14(9(10)8(2)3)6-5-7-15(11,12)13/h2,4-7H2,1,3H3/p+1. The van der Waals surface area contributed by atoms with Crippen LogP contribution in [-0.4, -0.2) is 35.3 Å². The monoisotopic (exact) mass is 253 g/mol. The molecule has 1 atom stereocenters. The molecular formula is C9H17O4S2+. The second kappa shape index (κ2) is 6.30. The first-order chi connectivity index (χ1) is 6.78. The summed E-state index contributed by atoms with van der Waals surface area (Å²) in [5.74, 6) is 0.916. The van der Waals surface area contributed by atoms with Crippen LogP contribution in [0.1, 0.15) is 20.3 Å². The van der Waals surface area contributed by atoms with Crippen molar-refractivity contribution in [2.45, 2.75) is 20.3 Å². The number of hydrogen-bond acceptors (Lipinski definition) is 3. The minimum absolute atomic E-state index is 0.00726. The molecule has 0 rings (SSSR count). The van der Waals surface area contributed by atoms with Gasteiger partial charge in [-0.15, -0.1) is 0 Å². The van der Waals surface area contributed by atoms with E-state index < -0.39 is 21.0 Å². The Kier molecular flexibility index (Phi) is 6.16. The molecule has 0 aliphatic carbocycles. The van der Waals surface area contributed by atoms with E-state index in [9.17, 15) is 13.2 Å². The van der Waals surface area contributed by atoms with Crippen LogP contribution in [0, 0.1) is 0 Å². The summed E-state index contributed by atoms with van der Waals surface area (Å²) < 4.78 is 29.4. The Morgan fingerprint density at radius 3 is 2.33 bits per heavy atom. The molecule has 0 bridgehead atoms. The lowest BCUT2D eigenvalue weighted by atomic mass is 10.4. The van der Waals surface area contributed by atoms with Crippen LogP contribution in [0.4, 0.5) is 0 Å². The third-order valence-corrected chi connectivity index (χ3v) is 4.91. The van der Waals surface area contributed by atoms with Crippen LogP contribution in [0.15, 0.2) is 12.2 Å². The maximum atomic E-state index is 11.5. The third kappa shape index (κ3) is 6.70. The highest BCUT2D eigenvalue weighted by molar-refractivity contribution is 8.11. The van der Waals surface area contributed by atoms with Gasteiger partial charge in [-0.2, -0.15) is 8.42 Å². The molecule has 0 amide bonds. The molecule has 0 aromatic heterocycles. The van der Waals surface area contributed by atoms with E-state index in [2.05, 4.69) is 6.58 Å². The zero-order chi connectivity index (χ0) is 12.1. The van der Waals surface area contributed by atoms with Crippen molar-refractivity contribution in [3.8, 4) is 0 Å². The first-order valence-electron chi connectivity index (χ1n) is 4.60. The van der Waals surface area contributed by atoms with Crippen LogP contribution in [-0.2, 0) is 25.8 Å². The minimum atomic E-state index is -3.90. The van der Waals surface area contributed by atoms with Crippen molar-refractivity contribution in [1.82, 2.24) is 0 Å². The van der Waals surface area contributed by atoms with Gasteiger partial charge in [0.15, 0.2) is 0 Å². The lowest BCUT2D eigenvalue weighted by molar-refractivity contribution is -0.108. The van der Waals surface area contributed by atoms with Crippen molar-refractivity contribution in [2.24, 2.45) is 0 Å². The lowest BCUT2D eigenvalue weighted by Crippen LogP contribution is -2.23. The number of carbonyl (C=O) groups is 1. The molecule has 0 aliphatic heterocycles. The highest BCUT2D eigenvalue weighted by atomic mass is 32.2. The zero-order valence-electron chi connectivity index (χ0n) is 9.02. The molecule has 1 N–H and O–H groups in total. The van der Waals surface area contributed by atoms with Gasteiger partial charge in [-0.25, -0.2) is 4.79 Å². The van der Waals surface area contributed by atoms with Gasteiger partial charge in [-0.1, -0.05) is 6.58 Å². The van der Waals surface area contributed by atoms with E-state index in [0.29, 0.717) is 23.5 Å². The highest BCUT2D eigenvalue weighted by Gasteiger charge is 2.27. The van der Waals surface area contributed by atoms with Crippen molar-refractivity contribution in [1.29, 1.82) is 0 Å². The van der Waals surface area contributed by atoms with Gasteiger partial charge in [-0.3, -0.25) is 4.55 Å². The molecule has 0 radical (unpaired) electrons. The normalized spacial score (nSPS) is 13.5. The first-order valence-corrected chi connectivity index (χ1v) is 7.77. The van der Waals surface area contributed by atoms with Gasteiger partial charge in [0, 0.05) is 12.0 Å². The van der Waals surface area contributed by atoms with Crippen molar-refractivity contribution >= 4 is 26.1 Å². The van der Waals surface area contributed by atoms with Gasteiger partial charge in [0.1, 0.15) is 11.5 Å². The summed E-state index contributed by atoms with van der Waals surface area (Å²) in [4.78, 5) is 11.5. The summed E-state index contributed by atoms with van der Waals surface area (Å²) in [6.45, 7) is 7.11. The molecule has 1 unspecified atom stereocenters. The Bertz CT molecular complexity index is 332. The van der Waals surface area contributed by atoms with Gasteiger partial charge >= 0.3 is 5.12 Å². The Hall–Kier alpha value is -0.330. The van der Waals surface area contributed by atoms with E-state index in [1.54, 1.807) is 6.92 Å². The molecule has 0 saturated carbocycles. The third-order valence-electron chi connectivity index (χ3n) is 1.75. The molecule has 88 valence electrons. The summed E-state index contributed by atoms with van der Waals surface area (Å²) in [6.07, 6.45) is 0.314. The average molecular weight is 253 g/mol. The van der Waals surface area contributed by atoms with Gasteiger partial charge in [0.2, 0.25) is 0 Å². The summed E-state index contributed by atoms with van der Waals surface area (Å²) in [6, 6.07) is 0. The topological polar surface area (TPSA) is 71.4 Å². The van der Waals surface area contributed by atoms with E-state index in [0.717, 1.165) is 0 Å². The Morgan fingerprint density at radius 1 is 1.47 bits per heavy atom. The van der Waals surface area contributed by atoms with Crippen LogP contribution in [0.2, 0.25) is 0 Å². The smallest absolute Gasteiger partial charge is 0.286 e. The molecule has 4 nitrogen and oxygen atoms in total. The van der Waals surface area contributed by atoms with Gasteiger partial charge in [0.25, 0.3) is 10.1 Å². The molecule has 0 aromatic rings. The Balaban J connectivity index is 4.13. The predicted molar refractivity (Wildman–Crippen MR) is 63.6 cm³/mol. The summed E-state index contributed by atoms with van der Waals surface area (Å²) >= 11 is 0. The van der Waals surface area contributed by atoms with E-state index >= 15 is 0 Å². The molecular weight excluding hydrogens is 236 g/mol. The fourth-order valence-electron chi connectivity index (χ4n) is 1.03. The summed E-state index contributed by atoms with van der Waals surface area (Å²) in [7, 11) is -4.36. The number of rotatable bonds is 6. The molecule has 0 aliphatic rings. The zero-order valence-corrected chi connectivity index (χ0v) is 10.7. The van der Waals surface area contributed by atoms with E-state index in [4.69, 9.17) is 4.55 Å². The molecule has 0 heterocycles. The SMILES string of the molecule is C=C(C)C(=O)[S+](CC)CCCS(=O)(=O)O. The molecule has 0 fully saturated rings. The average Bonchev–Trinajstić information content (AvgIpc) is 2.09. The first kappa shape index (κ1) is 14.7. The Labute approximate surface area is 93.9 Å². The summed E-state index contributed by atoms with van der Waals surface area (Å²) in [5.41, 5.74) is 0.507. The quantitative estimate of drug-likeness (QED) is 0.435. The molecule has 6 heteroatoms. The molecule has 0 spiro atoms. The molecule has 0 aromatic carbocycles. The number of hydrogen-bond donors (Lipinski definition) is 1. The predicted octanol–water partition coefficient (Wildman–Crippen LogP) is 1.01. The van der Waals surface area contributed by atoms with Crippen molar-refractivity contribution < 1.29 is 17.8 Å². The number of carbonyl (C=O) groups excluding carboxylic acids is 1. The minimum Gasteiger partial charge on any atom is -0.286 e. The van der Waals surface area contributed by atoms with Crippen LogP contribution in [0.25, 0.3) is 0 Å². The fraction of sp³-hybridized carbons (Fsp3) is 0.667. The summed E-state index contributed by atoms with van der Waals surface area (Å²) in [5, 5.41) is 0.00726. The van der Waals surface area contributed by atoms with Crippen LogP contribution in [0.5, 0.6) is 0 Å². The van der Waals surface area contributed by atoms with E-state index in [1.807, 2.05) is 6.92 Å². The molecule has 0 saturated heterocycles. The maximum absolute atomic E-state index is 11.5. The largest absolute Gasteiger partial charge is 0.357 e. The fourth-order valence-corrected chi connectivity index (χ4v) is 3.44. The van der Waals surface area contributed by atoms with Crippen molar-refractivity contribution in [2.75, 3.05) is 17.3 Å². The van der Waals surface area contributed by atoms with E-state index in [1.165, 1.54) is 0 Å². The lowest BCUT2D eigenvalue weighted by Gasteiger charge is -2.03. The van der Waals surface area contributed by atoms with Gasteiger partial charge < -0.3 is 0 Å². The second-order valence-electron chi connectivity index (χ2n) is 3.19. The van der Waals surface area contributed by atoms with E-state index in [-0.39, 0.29) is 10.9 Å². The van der Waals surface area contributed by atoms with Crippen LogP contribution < -0.4 is 0 Å². The Morgan fingerprint density at radius 2 is 2.00 bits per heavy atom. The van der Waals surface area contributed by atoms with Crippen molar-refractivity contribution in [3.63, 3.8) is 0 Å². The second-order valence-corrected chi connectivity index (χ2v) is 7.11. The van der Waals surface area contributed by atoms with Crippen LogP contribution in [0.3, 0.4) is 0 Å². The van der Waals surface area contributed by atoms with Crippen molar-refractivity contribution in [3.05, 3.63) is 12.2 Å². The molecule has 15 heavy (non-hydrogen) atoms. The van der Waals surface area contributed by atoms with Gasteiger partial charge in [0.05, 0.1) is 16.6 Å². The highest BCUT2D eigenvalue weighted by Crippen LogP contribution is 2.07. The van der Waals surface area contributed by atoms with Gasteiger partial charge in [-0.05, 0) is 13.8 Å². The maximum Gasteiger partial charge on any atom is 0.357 e.